The molecule has 0 aromatic heterocycles. The Kier molecular flexibility index (Phi) is 5.55. The van der Waals surface area contributed by atoms with Gasteiger partial charge in [-0.3, -0.25) is 9.59 Å². The topological polar surface area (TPSA) is 58.6 Å². The lowest BCUT2D eigenvalue weighted by Crippen LogP contribution is -2.40. The van der Waals surface area contributed by atoms with E-state index in [1.165, 1.54) is 4.90 Å². The molecule has 1 N–H and O–H groups in total. The number of hydrogen-bond donors (Lipinski definition) is 1. The quantitative estimate of drug-likeness (QED) is 0.927. The summed E-state index contributed by atoms with van der Waals surface area (Å²) in [6, 6.07) is 5.88. The third-order valence-corrected chi connectivity index (χ3v) is 4.07. The fraction of sp³-hybridized carbons (Fsp3) is 0.529. The second-order valence-corrected chi connectivity index (χ2v) is 5.90. The molecule has 5 nitrogen and oxygen atoms in total. The lowest BCUT2D eigenvalue weighted by molar-refractivity contribution is -0.139. The van der Waals surface area contributed by atoms with Gasteiger partial charge in [0.15, 0.2) is 0 Å². The van der Waals surface area contributed by atoms with Gasteiger partial charge in [-0.1, -0.05) is 18.2 Å². The van der Waals surface area contributed by atoms with Gasteiger partial charge in [0.2, 0.25) is 11.8 Å². The van der Waals surface area contributed by atoms with Crippen LogP contribution in [0.2, 0.25) is 0 Å². The average Bonchev–Trinajstić information content (AvgIpc) is 2.51. The Morgan fingerprint density at radius 1 is 1.23 bits per heavy atom. The minimum Gasteiger partial charge on any atom is -0.381 e. The van der Waals surface area contributed by atoms with Gasteiger partial charge in [0, 0.05) is 31.9 Å². The average molecular weight is 304 g/mol. The number of amides is 2. The first-order chi connectivity index (χ1) is 10.5. The maximum Gasteiger partial charge on any atom is 0.243 e. The largest absolute Gasteiger partial charge is 0.381 e. The Labute approximate surface area is 131 Å². The summed E-state index contributed by atoms with van der Waals surface area (Å²) in [5, 5.41) is 2.91. The van der Waals surface area contributed by atoms with Crippen LogP contribution in [-0.2, 0) is 14.3 Å². The number of nitrogens with zero attached hydrogens (tertiary/aromatic N) is 1. The summed E-state index contributed by atoms with van der Waals surface area (Å²) in [6.07, 6.45) is 1.48. The van der Waals surface area contributed by atoms with Crippen molar-refractivity contribution in [3.05, 3.63) is 29.3 Å². The fourth-order valence-electron chi connectivity index (χ4n) is 2.74. The van der Waals surface area contributed by atoms with E-state index in [1.54, 1.807) is 7.05 Å². The van der Waals surface area contributed by atoms with Gasteiger partial charge in [-0.05, 0) is 37.8 Å². The van der Waals surface area contributed by atoms with Crippen LogP contribution in [0, 0.1) is 19.8 Å². The van der Waals surface area contributed by atoms with Crippen molar-refractivity contribution in [3.63, 3.8) is 0 Å². The molecule has 120 valence electrons. The van der Waals surface area contributed by atoms with Gasteiger partial charge >= 0.3 is 0 Å². The molecule has 1 aliphatic heterocycles. The van der Waals surface area contributed by atoms with E-state index in [9.17, 15) is 9.59 Å². The zero-order valence-electron chi connectivity index (χ0n) is 13.5. The Balaban J connectivity index is 1.92. The van der Waals surface area contributed by atoms with E-state index in [0.717, 1.165) is 29.7 Å². The maximum atomic E-state index is 12.3. The van der Waals surface area contributed by atoms with E-state index in [4.69, 9.17) is 4.74 Å². The van der Waals surface area contributed by atoms with Crippen LogP contribution in [0.1, 0.15) is 24.0 Å². The second-order valence-electron chi connectivity index (χ2n) is 5.90. The molecule has 0 saturated carbocycles. The molecule has 5 heteroatoms. The first kappa shape index (κ1) is 16.5. The van der Waals surface area contributed by atoms with Crippen LogP contribution in [0.15, 0.2) is 18.2 Å². The van der Waals surface area contributed by atoms with E-state index in [2.05, 4.69) is 5.32 Å². The smallest absolute Gasteiger partial charge is 0.243 e. The van der Waals surface area contributed by atoms with Crippen LogP contribution in [0.4, 0.5) is 5.69 Å². The van der Waals surface area contributed by atoms with Crippen molar-refractivity contribution in [1.29, 1.82) is 0 Å². The zero-order chi connectivity index (χ0) is 16.1. The van der Waals surface area contributed by atoms with Gasteiger partial charge < -0.3 is 15.0 Å². The van der Waals surface area contributed by atoms with Crippen molar-refractivity contribution in [2.75, 3.05) is 32.1 Å². The number of likely N-dealkylation sites (N-methyl/N-ethyl adjacent to an activating group) is 1. The molecule has 2 rings (SSSR count). The van der Waals surface area contributed by atoms with Gasteiger partial charge in [-0.25, -0.2) is 0 Å². The van der Waals surface area contributed by atoms with Gasteiger partial charge in [0.1, 0.15) is 0 Å². The summed E-state index contributed by atoms with van der Waals surface area (Å²) >= 11 is 0. The number of rotatable bonds is 4. The summed E-state index contributed by atoms with van der Waals surface area (Å²) in [5.74, 6) is -0.160. The van der Waals surface area contributed by atoms with Crippen molar-refractivity contribution in [3.8, 4) is 0 Å². The Morgan fingerprint density at radius 2 is 1.82 bits per heavy atom. The third kappa shape index (κ3) is 4.07. The highest BCUT2D eigenvalue weighted by Crippen LogP contribution is 2.20. The van der Waals surface area contributed by atoms with Crippen LogP contribution in [0.3, 0.4) is 0 Å². The van der Waals surface area contributed by atoms with E-state index < -0.39 is 0 Å². The number of aryl methyl sites for hydroxylation is 2. The van der Waals surface area contributed by atoms with Gasteiger partial charge in [-0.15, -0.1) is 0 Å². The highest BCUT2D eigenvalue weighted by molar-refractivity contribution is 5.95. The SMILES string of the molecule is Cc1cccc(C)c1NC(=O)CN(C)C(=O)C1CCOCC1. The summed E-state index contributed by atoms with van der Waals surface area (Å²) in [4.78, 5) is 26.0. The monoisotopic (exact) mass is 304 g/mol. The Bertz CT molecular complexity index is 531. The lowest BCUT2D eigenvalue weighted by atomic mass is 9.99. The van der Waals surface area contributed by atoms with Crippen LogP contribution in [0.25, 0.3) is 0 Å². The van der Waals surface area contributed by atoms with Gasteiger partial charge in [0.05, 0.1) is 6.54 Å². The molecule has 1 saturated heterocycles. The minimum atomic E-state index is -0.166. The molecular weight excluding hydrogens is 280 g/mol. The number of carbonyl (C=O) groups excluding carboxylic acids is 2. The van der Waals surface area contributed by atoms with Crippen molar-refractivity contribution in [2.45, 2.75) is 26.7 Å². The van der Waals surface area contributed by atoms with Gasteiger partial charge in [-0.2, -0.15) is 0 Å². The maximum absolute atomic E-state index is 12.3. The van der Waals surface area contributed by atoms with E-state index >= 15 is 0 Å². The molecule has 0 atom stereocenters. The molecule has 0 radical (unpaired) electrons. The normalized spacial score (nSPS) is 15.4. The molecule has 1 heterocycles. The number of anilines is 1. The lowest BCUT2D eigenvalue weighted by Gasteiger charge is -2.26. The highest BCUT2D eigenvalue weighted by Gasteiger charge is 2.25. The highest BCUT2D eigenvalue weighted by atomic mass is 16.5. The van der Waals surface area contributed by atoms with Crippen molar-refractivity contribution < 1.29 is 14.3 Å². The summed E-state index contributed by atoms with van der Waals surface area (Å²) < 4.78 is 5.27. The molecule has 0 bridgehead atoms. The van der Waals surface area contributed by atoms with Crippen LogP contribution < -0.4 is 5.32 Å². The molecule has 0 spiro atoms. The summed E-state index contributed by atoms with van der Waals surface area (Å²) in [7, 11) is 1.68. The summed E-state index contributed by atoms with van der Waals surface area (Å²) in [5.41, 5.74) is 2.87. The molecule has 2 amide bonds. The molecule has 0 aliphatic carbocycles. The molecular formula is C17H24N2O3. The number of carbonyl (C=O) groups is 2. The molecule has 1 aliphatic rings. The number of benzene rings is 1. The predicted octanol–water partition coefficient (Wildman–Crippen LogP) is 2.13. The van der Waals surface area contributed by atoms with Crippen molar-refractivity contribution in [1.82, 2.24) is 4.90 Å². The van der Waals surface area contributed by atoms with Crippen LogP contribution in [0.5, 0.6) is 0 Å². The van der Waals surface area contributed by atoms with Crippen LogP contribution >= 0.6 is 0 Å². The predicted molar refractivity (Wildman–Crippen MR) is 85.7 cm³/mol. The fourth-order valence-corrected chi connectivity index (χ4v) is 2.74. The van der Waals surface area contributed by atoms with Crippen molar-refractivity contribution in [2.24, 2.45) is 5.92 Å². The molecule has 1 aromatic rings. The second kappa shape index (κ2) is 7.40. The molecule has 1 fully saturated rings. The summed E-state index contributed by atoms with van der Waals surface area (Å²) in [6.45, 7) is 5.24. The molecule has 22 heavy (non-hydrogen) atoms. The van der Waals surface area contributed by atoms with Gasteiger partial charge in [0.25, 0.3) is 0 Å². The van der Waals surface area contributed by atoms with E-state index in [1.807, 2.05) is 32.0 Å². The first-order valence-corrected chi connectivity index (χ1v) is 7.68. The number of ether oxygens (including phenoxy) is 1. The minimum absolute atomic E-state index is 0.0215. The number of hydrogen-bond acceptors (Lipinski definition) is 3. The zero-order valence-corrected chi connectivity index (χ0v) is 13.5. The molecule has 1 aromatic carbocycles. The van der Waals surface area contributed by atoms with Crippen molar-refractivity contribution >= 4 is 17.5 Å². The standard InChI is InChI=1S/C17H24N2O3/c1-12-5-4-6-13(2)16(12)18-15(20)11-19(3)17(21)14-7-9-22-10-8-14/h4-6,14H,7-11H2,1-3H3,(H,18,20). The Morgan fingerprint density at radius 3 is 2.41 bits per heavy atom. The molecule has 0 unspecified atom stereocenters. The van der Waals surface area contributed by atoms with Crippen LogP contribution in [-0.4, -0.2) is 43.5 Å². The number of para-hydroxylation sites is 1. The number of nitrogens with one attached hydrogen (secondary N) is 1. The first-order valence-electron chi connectivity index (χ1n) is 7.68. The van der Waals surface area contributed by atoms with E-state index in [0.29, 0.717) is 13.2 Å². The third-order valence-electron chi connectivity index (χ3n) is 4.07. The van der Waals surface area contributed by atoms with E-state index in [-0.39, 0.29) is 24.3 Å². The Hall–Kier alpha value is -1.88.